The van der Waals surface area contributed by atoms with E-state index in [1.54, 1.807) is 0 Å². The van der Waals surface area contributed by atoms with Gasteiger partial charge in [-0.05, 0) is 11.8 Å². The maximum atomic E-state index is 10.8. The molecule has 7 heteroatoms. The van der Waals surface area contributed by atoms with Gasteiger partial charge in [0.25, 0.3) is 0 Å². The molecule has 1 N–H and O–H groups in total. The number of hydrogen-bond acceptors (Lipinski definition) is 5. The van der Waals surface area contributed by atoms with E-state index >= 15 is 0 Å². The number of rotatable bonds is 5. The smallest absolute Gasteiger partial charge is 0.348 e. The maximum Gasteiger partial charge on any atom is 0.348 e. The molecule has 0 unspecified atom stereocenters. The summed E-state index contributed by atoms with van der Waals surface area (Å²) in [5.41, 5.74) is -0.244. The maximum absolute atomic E-state index is 10.8. The second-order valence-electron chi connectivity index (χ2n) is 4.49. The van der Waals surface area contributed by atoms with Crippen LogP contribution in [-0.2, 0) is 0 Å². The highest BCUT2D eigenvalue weighted by molar-refractivity contribution is 6.31. The van der Waals surface area contributed by atoms with Crippen molar-refractivity contribution in [3.8, 4) is 0 Å². The lowest BCUT2D eigenvalue weighted by atomic mass is 9.90. The summed E-state index contributed by atoms with van der Waals surface area (Å²) in [5.74, 6) is 0.163. The summed E-state index contributed by atoms with van der Waals surface area (Å²) in [7, 11) is 0. The minimum Gasteiger partial charge on any atom is -0.364 e. The number of nitrogens with zero attached hydrogens (tertiary/aromatic N) is 3. The fraction of sp³-hybridized carbons (Fsp3) is 0.600. The minimum absolute atomic E-state index is 0.0330. The van der Waals surface area contributed by atoms with E-state index in [1.807, 2.05) is 0 Å². The van der Waals surface area contributed by atoms with Crippen LogP contribution in [0.15, 0.2) is 6.33 Å². The molecule has 0 aliphatic heterocycles. The number of nitro groups is 1. The second kappa shape index (κ2) is 5.27. The van der Waals surface area contributed by atoms with Gasteiger partial charge in [-0.25, -0.2) is 9.97 Å². The van der Waals surface area contributed by atoms with Gasteiger partial charge in [0.2, 0.25) is 11.0 Å². The van der Waals surface area contributed by atoms with Gasteiger partial charge in [-0.3, -0.25) is 10.1 Å². The molecule has 0 radical (unpaired) electrons. The van der Waals surface area contributed by atoms with Crippen molar-refractivity contribution in [2.24, 2.45) is 5.41 Å². The summed E-state index contributed by atoms with van der Waals surface area (Å²) in [6, 6.07) is 0. The molecule has 0 fully saturated rings. The molecular formula is C10H15ClN4O2. The summed E-state index contributed by atoms with van der Waals surface area (Å²) in [6.45, 7) is 6.77. The molecular weight excluding hydrogens is 244 g/mol. The standard InChI is InChI=1S/C10H15ClN4O2/c1-4-10(2,3)5-12-9-7(15(16)17)8(11)13-6-14-9/h6H,4-5H2,1-3H3,(H,12,13,14). The SMILES string of the molecule is CCC(C)(C)CNc1ncnc(Cl)c1[N+](=O)[O-]. The van der Waals surface area contributed by atoms with Gasteiger partial charge in [0.05, 0.1) is 4.92 Å². The van der Waals surface area contributed by atoms with Crippen LogP contribution < -0.4 is 5.32 Å². The van der Waals surface area contributed by atoms with E-state index < -0.39 is 4.92 Å². The number of halogens is 1. The van der Waals surface area contributed by atoms with Gasteiger partial charge in [0.1, 0.15) is 6.33 Å². The molecule has 0 saturated carbocycles. The molecule has 0 bridgehead atoms. The van der Waals surface area contributed by atoms with E-state index in [9.17, 15) is 10.1 Å². The molecule has 0 atom stereocenters. The molecule has 0 amide bonds. The third-order valence-corrected chi connectivity index (χ3v) is 2.93. The molecule has 1 aromatic heterocycles. The lowest BCUT2D eigenvalue weighted by Crippen LogP contribution is -2.23. The number of hydrogen-bond donors (Lipinski definition) is 1. The topological polar surface area (TPSA) is 81.0 Å². The Morgan fingerprint density at radius 1 is 1.53 bits per heavy atom. The highest BCUT2D eigenvalue weighted by Crippen LogP contribution is 2.29. The first-order chi connectivity index (χ1) is 7.87. The van der Waals surface area contributed by atoms with Crippen molar-refractivity contribution in [2.75, 3.05) is 11.9 Å². The minimum atomic E-state index is -0.580. The van der Waals surface area contributed by atoms with Crippen LogP contribution in [-0.4, -0.2) is 21.4 Å². The van der Waals surface area contributed by atoms with Gasteiger partial charge in [0.15, 0.2) is 0 Å². The van der Waals surface area contributed by atoms with Crippen LogP contribution in [0.5, 0.6) is 0 Å². The van der Waals surface area contributed by atoms with Gasteiger partial charge in [-0.15, -0.1) is 0 Å². The van der Waals surface area contributed by atoms with E-state index in [0.717, 1.165) is 6.42 Å². The Bertz CT molecular complexity index is 423. The van der Waals surface area contributed by atoms with Gasteiger partial charge in [0, 0.05) is 6.54 Å². The second-order valence-corrected chi connectivity index (χ2v) is 4.85. The quantitative estimate of drug-likeness (QED) is 0.499. The van der Waals surface area contributed by atoms with E-state index in [4.69, 9.17) is 11.6 Å². The van der Waals surface area contributed by atoms with Crippen LogP contribution >= 0.6 is 11.6 Å². The predicted octanol–water partition coefficient (Wildman–Crippen LogP) is 2.89. The summed E-state index contributed by atoms with van der Waals surface area (Å²) in [6.07, 6.45) is 2.16. The zero-order valence-corrected chi connectivity index (χ0v) is 10.8. The molecule has 17 heavy (non-hydrogen) atoms. The summed E-state index contributed by atoms with van der Waals surface area (Å²) in [4.78, 5) is 17.7. The Hall–Kier alpha value is -1.43. The Balaban J connectivity index is 2.92. The molecule has 6 nitrogen and oxygen atoms in total. The summed E-state index contributed by atoms with van der Waals surface area (Å²) >= 11 is 5.68. The number of anilines is 1. The van der Waals surface area contributed by atoms with E-state index in [0.29, 0.717) is 6.54 Å². The molecule has 0 aromatic carbocycles. The molecule has 1 rings (SSSR count). The molecule has 1 heterocycles. The van der Waals surface area contributed by atoms with Crippen LogP contribution in [0.2, 0.25) is 5.15 Å². The average molecular weight is 259 g/mol. The number of nitrogens with one attached hydrogen (secondary N) is 1. The van der Waals surface area contributed by atoms with Crippen LogP contribution in [0.3, 0.4) is 0 Å². The van der Waals surface area contributed by atoms with Crippen molar-refractivity contribution in [2.45, 2.75) is 27.2 Å². The van der Waals surface area contributed by atoms with Crippen molar-refractivity contribution in [1.29, 1.82) is 0 Å². The highest BCUT2D eigenvalue weighted by atomic mass is 35.5. The molecule has 94 valence electrons. The zero-order chi connectivity index (χ0) is 13.1. The summed E-state index contributed by atoms with van der Waals surface area (Å²) < 4.78 is 0. The van der Waals surface area contributed by atoms with Crippen molar-refractivity contribution in [3.63, 3.8) is 0 Å². The van der Waals surface area contributed by atoms with Crippen LogP contribution in [0.4, 0.5) is 11.5 Å². The molecule has 0 aliphatic rings. The normalized spacial score (nSPS) is 11.3. The Labute approximate surface area is 105 Å². The van der Waals surface area contributed by atoms with Crippen LogP contribution in [0.1, 0.15) is 27.2 Å². The Kier molecular flexibility index (Phi) is 4.22. The fourth-order valence-corrected chi connectivity index (χ4v) is 1.30. The predicted molar refractivity (Wildman–Crippen MR) is 66.3 cm³/mol. The van der Waals surface area contributed by atoms with Crippen molar-refractivity contribution >= 4 is 23.1 Å². The van der Waals surface area contributed by atoms with Crippen LogP contribution in [0, 0.1) is 15.5 Å². The van der Waals surface area contributed by atoms with Crippen molar-refractivity contribution < 1.29 is 4.92 Å². The molecule has 0 spiro atoms. The first-order valence-corrected chi connectivity index (χ1v) is 5.64. The highest BCUT2D eigenvalue weighted by Gasteiger charge is 2.23. The Morgan fingerprint density at radius 2 is 2.18 bits per heavy atom. The van der Waals surface area contributed by atoms with Gasteiger partial charge < -0.3 is 5.32 Å². The van der Waals surface area contributed by atoms with E-state index in [-0.39, 0.29) is 22.1 Å². The van der Waals surface area contributed by atoms with Crippen LogP contribution in [0.25, 0.3) is 0 Å². The fourth-order valence-electron chi connectivity index (χ4n) is 1.10. The third-order valence-electron chi connectivity index (χ3n) is 2.65. The number of aromatic nitrogens is 2. The largest absolute Gasteiger partial charge is 0.364 e. The molecule has 1 aromatic rings. The summed E-state index contributed by atoms with van der Waals surface area (Å²) in [5, 5.41) is 13.6. The van der Waals surface area contributed by atoms with Gasteiger partial charge >= 0.3 is 5.69 Å². The average Bonchev–Trinajstić information content (AvgIpc) is 2.26. The van der Waals surface area contributed by atoms with Crippen molar-refractivity contribution in [3.05, 3.63) is 21.6 Å². The zero-order valence-electron chi connectivity index (χ0n) is 10.0. The van der Waals surface area contributed by atoms with E-state index in [2.05, 4.69) is 36.1 Å². The Morgan fingerprint density at radius 3 is 2.71 bits per heavy atom. The van der Waals surface area contributed by atoms with E-state index in [1.165, 1.54) is 6.33 Å². The molecule has 0 saturated heterocycles. The van der Waals surface area contributed by atoms with Gasteiger partial charge in [-0.2, -0.15) is 0 Å². The first-order valence-electron chi connectivity index (χ1n) is 5.26. The lowest BCUT2D eigenvalue weighted by Gasteiger charge is -2.22. The van der Waals surface area contributed by atoms with Gasteiger partial charge in [-0.1, -0.05) is 32.4 Å². The first kappa shape index (κ1) is 13.6. The molecule has 0 aliphatic carbocycles. The van der Waals surface area contributed by atoms with Crippen molar-refractivity contribution in [1.82, 2.24) is 9.97 Å². The monoisotopic (exact) mass is 258 g/mol. The third kappa shape index (κ3) is 3.52. The lowest BCUT2D eigenvalue weighted by molar-refractivity contribution is -0.384.